The number of hydrogen-bond donors (Lipinski definition) is 0. The summed E-state index contributed by atoms with van der Waals surface area (Å²) in [6.45, 7) is 13.9. The molecule has 4 heteroatoms. The molecule has 2 heterocycles. The zero-order valence-electron chi connectivity index (χ0n) is 21.3. The van der Waals surface area contributed by atoms with Gasteiger partial charge in [-0.2, -0.15) is 0 Å². The Labute approximate surface area is 211 Å². The molecule has 2 fully saturated rings. The number of terminal acetylenes is 1. The van der Waals surface area contributed by atoms with E-state index < -0.39 is 0 Å². The van der Waals surface area contributed by atoms with E-state index in [-0.39, 0.29) is 23.8 Å². The lowest BCUT2D eigenvalue weighted by atomic mass is 9.72. The van der Waals surface area contributed by atoms with Gasteiger partial charge >= 0.3 is 5.97 Å². The Morgan fingerprint density at radius 2 is 1.89 bits per heavy atom. The van der Waals surface area contributed by atoms with Crippen LogP contribution in [0.3, 0.4) is 0 Å². The number of esters is 1. The average molecular weight is 478 g/mol. The van der Waals surface area contributed by atoms with Crippen LogP contribution < -0.4 is 0 Å². The van der Waals surface area contributed by atoms with Crippen LogP contribution in [0.2, 0.25) is 0 Å². The minimum Gasteiger partial charge on any atom is -0.462 e. The molecule has 35 heavy (non-hydrogen) atoms. The molecule has 0 spiro atoms. The van der Waals surface area contributed by atoms with Crippen molar-refractivity contribution >= 4 is 12.0 Å². The number of aromatic nitrogens is 1. The van der Waals surface area contributed by atoms with E-state index in [0.29, 0.717) is 5.92 Å². The van der Waals surface area contributed by atoms with Gasteiger partial charge in [0, 0.05) is 17.7 Å². The molecule has 4 rings (SSSR count). The third-order valence-electron chi connectivity index (χ3n) is 6.59. The largest absolute Gasteiger partial charge is 0.462 e. The van der Waals surface area contributed by atoms with E-state index >= 15 is 0 Å². The second kappa shape index (κ2) is 16.4. The number of benzene rings is 1. The van der Waals surface area contributed by atoms with Crippen molar-refractivity contribution in [3.8, 4) is 24.0 Å². The van der Waals surface area contributed by atoms with Crippen LogP contribution in [0, 0.1) is 36.4 Å². The molecular formula is C31H40FNO2. The number of pyridine rings is 1. The number of carbonyl (C=O) groups excluding carboxylic acids is 1. The maximum atomic E-state index is 13.0. The van der Waals surface area contributed by atoms with Gasteiger partial charge in [-0.1, -0.05) is 57.4 Å². The molecule has 1 aromatic heterocycles. The fourth-order valence-electron chi connectivity index (χ4n) is 4.78. The van der Waals surface area contributed by atoms with E-state index in [2.05, 4.69) is 51.4 Å². The molecule has 0 bridgehead atoms. The van der Waals surface area contributed by atoms with Gasteiger partial charge in [-0.25, -0.2) is 4.39 Å². The van der Waals surface area contributed by atoms with E-state index in [9.17, 15) is 9.18 Å². The summed E-state index contributed by atoms with van der Waals surface area (Å²) in [6.07, 6.45) is 20.5. The standard InChI is InChI=1S/C14H24O2.C13H10FN.C2H4.C2H2/c1-3-4-5-6-11-7-8-12-10(2)16-14(15)13(12)9-11;1-2-13-7-6-11(9-15-13)10-4-3-5-12(14)8-10;2*1-2/h10-13H,3-9H2,1-2H3;2-9H,1H2;1-2H2;1-2H/t10-,11-,12-,13-;;;/m1.../s1. The maximum Gasteiger partial charge on any atom is 0.309 e. The zero-order chi connectivity index (χ0) is 26.2. The lowest BCUT2D eigenvalue weighted by Gasteiger charge is -2.30. The molecule has 4 atom stereocenters. The summed E-state index contributed by atoms with van der Waals surface area (Å²) in [5, 5.41) is 0. The lowest BCUT2D eigenvalue weighted by molar-refractivity contribution is -0.144. The summed E-state index contributed by atoms with van der Waals surface area (Å²) < 4.78 is 18.3. The molecule has 0 unspecified atom stereocenters. The van der Waals surface area contributed by atoms with Crippen LogP contribution in [0.5, 0.6) is 0 Å². The fraction of sp³-hybridized carbons (Fsp3) is 0.419. The van der Waals surface area contributed by atoms with E-state index in [1.54, 1.807) is 18.3 Å². The van der Waals surface area contributed by atoms with Crippen molar-refractivity contribution in [2.75, 3.05) is 0 Å². The maximum absolute atomic E-state index is 13.0. The first kappa shape index (κ1) is 29.8. The lowest BCUT2D eigenvalue weighted by Crippen LogP contribution is -2.27. The summed E-state index contributed by atoms with van der Waals surface area (Å²) in [5.74, 6) is 1.38. The molecule has 0 N–H and O–H groups in total. The quantitative estimate of drug-likeness (QED) is 0.182. The second-order valence-corrected chi connectivity index (χ2v) is 8.77. The van der Waals surface area contributed by atoms with Gasteiger partial charge in [0.05, 0.1) is 11.6 Å². The predicted octanol–water partition coefficient (Wildman–Crippen LogP) is 8.13. The molecule has 188 valence electrons. The van der Waals surface area contributed by atoms with Crippen molar-refractivity contribution in [3.63, 3.8) is 0 Å². The fourth-order valence-corrected chi connectivity index (χ4v) is 4.78. The number of ether oxygens (including phenoxy) is 1. The van der Waals surface area contributed by atoms with Crippen LogP contribution in [0.15, 0.2) is 62.3 Å². The van der Waals surface area contributed by atoms with Crippen LogP contribution in [0.4, 0.5) is 4.39 Å². The minimum absolute atomic E-state index is 0.0812. The summed E-state index contributed by atoms with van der Waals surface area (Å²) >= 11 is 0. The third kappa shape index (κ3) is 9.17. The van der Waals surface area contributed by atoms with Gasteiger partial charge in [-0.05, 0) is 61.9 Å². The Morgan fingerprint density at radius 1 is 1.14 bits per heavy atom. The van der Waals surface area contributed by atoms with Gasteiger partial charge in [0.15, 0.2) is 0 Å². The molecule has 1 saturated carbocycles. The van der Waals surface area contributed by atoms with E-state index in [4.69, 9.17) is 4.74 Å². The van der Waals surface area contributed by atoms with Crippen molar-refractivity contribution in [2.24, 2.45) is 17.8 Å². The third-order valence-corrected chi connectivity index (χ3v) is 6.59. The molecule has 2 aromatic rings. The molecule has 3 nitrogen and oxygen atoms in total. The smallest absolute Gasteiger partial charge is 0.309 e. The van der Waals surface area contributed by atoms with Gasteiger partial charge in [0.1, 0.15) is 11.9 Å². The minimum atomic E-state index is -0.236. The number of unbranched alkanes of at least 4 members (excludes halogenated alkanes) is 2. The van der Waals surface area contributed by atoms with Gasteiger partial charge < -0.3 is 4.74 Å². The van der Waals surface area contributed by atoms with Gasteiger partial charge in [0.25, 0.3) is 0 Å². The monoisotopic (exact) mass is 477 g/mol. The van der Waals surface area contributed by atoms with Gasteiger partial charge in [-0.3, -0.25) is 9.78 Å². The molecule has 1 aromatic carbocycles. The highest BCUT2D eigenvalue weighted by Gasteiger charge is 2.45. The first-order valence-electron chi connectivity index (χ1n) is 12.4. The highest BCUT2D eigenvalue weighted by atomic mass is 19.1. The van der Waals surface area contributed by atoms with Crippen LogP contribution >= 0.6 is 0 Å². The summed E-state index contributed by atoms with van der Waals surface area (Å²) in [7, 11) is 0. The van der Waals surface area contributed by atoms with E-state index in [0.717, 1.165) is 29.2 Å². The number of nitrogens with zero attached hydrogens (tertiary/aromatic N) is 1. The molecule has 0 amide bonds. The number of rotatable bonds is 6. The summed E-state index contributed by atoms with van der Waals surface area (Å²) in [5.41, 5.74) is 2.55. The molecular weight excluding hydrogens is 437 g/mol. The van der Waals surface area contributed by atoms with Crippen molar-refractivity contribution in [1.29, 1.82) is 0 Å². The predicted molar refractivity (Wildman–Crippen MR) is 145 cm³/mol. The first-order valence-corrected chi connectivity index (χ1v) is 12.4. The molecule has 2 aliphatic rings. The summed E-state index contributed by atoms with van der Waals surface area (Å²) in [4.78, 5) is 15.8. The number of fused-ring (bicyclic) bond motifs is 1. The number of hydrogen-bond acceptors (Lipinski definition) is 3. The van der Waals surface area contributed by atoms with E-state index in [1.807, 2.05) is 18.2 Å². The summed E-state index contributed by atoms with van der Waals surface area (Å²) in [6, 6.07) is 10.2. The van der Waals surface area contributed by atoms with Crippen molar-refractivity contribution in [1.82, 2.24) is 4.98 Å². The number of carbonyl (C=O) groups is 1. The highest BCUT2D eigenvalue weighted by molar-refractivity contribution is 5.75. The Morgan fingerprint density at radius 3 is 2.49 bits per heavy atom. The SMILES string of the molecule is C#C.C=C.C=Cc1ccc(-c2cccc(F)c2)cn1.CCCCC[C@@H]1CC[C@@H]2[C@@H](C)OC(=O)[C@@H]2C1. The van der Waals surface area contributed by atoms with Crippen molar-refractivity contribution < 1.29 is 13.9 Å². The number of halogens is 1. The average Bonchev–Trinajstić information content (AvgIpc) is 3.19. The van der Waals surface area contributed by atoms with Gasteiger partial charge in [0.2, 0.25) is 0 Å². The molecule has 1 saturated heterocycles. The molecule has 1 aliphatic carbocycles. The highest BCUT2D eigenvalue weighted by Crippen LogP contribution is 2.43. The topological polar surface area (TPSA) is 39.2 Å². The Kier molecular flexibility index (Phi) is 14.0. The Balaban J connectivity index is 0.000000307. The van der Waals surface area contributed by atoms with Crippen molar-refractivity contribution in [3.05, 3.63) is 73.8 Å². The van der Waals surface area contributed by atoms with Crippen LogP contribution in [0.1, 0.15) is 64.5 Å². The Bertz CT molecular complexity index is 921. The first-order chi connectivity index (χ1) is 17.0. The zero-order valence-corrected chi connectivity index (χ0v) is 21.3. The van der Waals surface area contributed by atoms with Gasteiger partial charge in [-0.15, -0.1) is 26.0 Å². The normalized spacial score (nSPS) is 21.9. The van der Waals surface area contributed by atoms with Crippen molar-refractivity contribution in [2.45, 2.75) is 64.9 Å². The molecule has 1 aliphatic heterocycles. The van der Waals surface area contributed by atoms with E-state index in [1.165, 1.54) is 50.7 Å². The number of cyclic esters (lactones) is 1. The van der Waals surface area contributed by atoms with Crippen LogP contribution in [-0.2, 0) is 9.53 Å². The molecule has 0 radical (unpaired) electrons. The van der Waals surface area contributed by atoms with Crippen LogP contribution in [-0.4, -0.2) is 17.1 Å². The van der Waals surface area contributed by atoms with Crippen LogP contribution in [0.25, 0.3) is 17.2 Å². The second-order valence-electron chi connectivity index (χ2n) is 8.77. The Hall–Kier alpha value is -3.19.